The molecule has 0 N–H and O–H groups in total. The van der Waals surface area contributed by atoms with E-state index in [1.165, 1.54) is 9.80 Å². The summed E-state index contributed by atoms with van der Waals surface area (Å²) in [5, 5.41) is 0. The number of rotatable bonds is 32. The normalized spacial score (nSPS) is 7.05. The fourth-order valence-electron chi connectivity index (χ4n) is 2.97. The van der Waals surface area contributed by atoms with Crippen molar-refractivity contribution in [3.63, 3.8) is 0 Å². The van der Waals surface area contributed by atoms with E-state index in [9.17, 15) is 47.9 Å². The molecule has 0 aromatic carbocycles. The van der Waals surface area contributed by atoms with Gasteiger partial charge in [0, 0.05) is 58.2 Å². The summed E-state index contributed by atoms with van der Waals surface area (Å²) in [5.74, 6) is -4.05. The molecule has 26 heteroatoms. The van der Waals surface area contributed by atoms with Gasteiger partial charge in [0.2, 0.25) is 0 Å². The van der Waals surface area contributed by atoms with E-state index in [1.807, 2.05) is 79.8 Å². The van der Waals surface area contributed by atoms with E-state index in [4.69, 9.17) is 28.4 Å². The highest BCUT2D eigenvalue weighted by Crippen LogP contribution is 1.98. The SMILES string of the molecule is C.C.C.C.C.C.C.C.C.C.C.C.C.C.C.C.C.C.C.C.C.C.C.C.C.C.C.C.C=C(C)C(=O)OCCC.C=C(C)C(=O)OCN(C)C.C=C(C)C(=O)OCN(C)CC.C=C(C)C(=O)OCN(C)COC(=O)C(=C)C.C=CC(=O)OCCC.C=CC(=O)OCN(C)C.C=CC(=O)OCN(C)CC.C=CC(=O)OCN(C)COC(=O)C=C. The third kappa shape index (κ3) is 209. The van der Waals surface area contributed by atoms with Crippen LogP contribution in [0.15, 0.2) is 124 Å². The summed E-state index contributed by atoms with van der Waals surface area (Å²) in [6.07, 6.45) is 7.30. The van der Waals surface area contributed by atoms with Crippen molar-refractivity contribution in [2.24, 2.45) is 0 Å². The molecular formula is C89H216N6O20. The third-order valence-corrected chi connectivity index (χ3v) is 7.99. The Bertz CT molecular complexity index is 2100. The van der Waals surface area contributed by atoms with Crippen LogP contribution in [-0.4, -0.2) is 226 Å². The molecule has 0 spiro atoms. The first kappa shape index (κ1) is 238. The van der Waals surface area contributed by atoms with Gasteiger partial charge in [0.15, 0.2) is 0 Å². The molecule has 0 aliphatic rings. The Kier molecular flexibility index (Phi) is 343. The van der Waals surface area contributed by atoms with Crippen molar-refractivity contribution in [3.8, 4) is 0 Å². The summed E-state index contributed by atoms with van der Waals surface area (Å²) in [7, 11) is 14.3. The van der Waals surface area contributed by atoms with Crippen molar-refractivity contribution in [2.45, 2.75) is 283 Å². The summed E-state index contributed by atoms with van der Waals surface area (Å²) >= 11 is 0. The van der Waals surface area contributed by atoms with E-state index in [1.54, 1.807) is 58.5 Å². The van der Waals surface area contributed by atoms with Gasteiger partial charge < -0.3 is 47.4 Å². The van der Waals surface area contributed by atoms with Gasteiger partial charge in [-0.1, -0.05) is 301 Å². The van der Waals surface area contributed by atoms with Crippen LogP contribution >= 0.6 is 0 Å². The van der Waals surface area contributed by atoms with E-state index in [0.717, 1.165) is 56.3 Å². The molecule has 0 fully saturated rings. The summed E-state index contributed by atoms with van der Waals surface area (Å²) in [6, 6.07) is 0. The maximum Gasteiger partial charge on any atom is 0.334 e. The molecule has 115 heavy (non-hydrogen) atoms. The second kappa shape index (κ2) is 166. The molecule has 0 unspecified atom stereocenters. The summed E-state index contributed by atoms with van der Waals surface area (Å²) in [4.78, 5) is 117. The Morgan fingerprint density at radius 1 is 0.226 bits per heavy atom. The zero-order valence-electron chi connectivity index (χ0n) is 55.2. The van der Waals surface area contributed by atoms with Crippen molar-refractivity contribution in [3.05, 3.63) is 124 Å². The van der Waals surface area contributed by atoms with Crippen molar-refractivity contribution in [1.29, 1.82) is 0 Å². The van der Waals surface area contributed by atoms with Gasteiger partial charge in [-0.15, -0.1) is 0 Å². The average molecular weight is 1690 g/mol. The standard InChI is InChI=1S/C11H17NO4.C9H13NO4.C8H15NO2.2C7H13NO2.C7H12O2.C6H11NO2.C6H10O2.28CH4/c1-8(2)10(13)15-6-12(5)7-16-11(14)9(3)4;1-4-8(11)13-6-10(3)7-14-9(12)5-2;1-5-9(4)6-11-8(10)7(2)3;1-6(2)7(9)10-5-8(3)4;1-4-7(9)10-6-8(3)5-2;1-4-5-9-7(8)6(2)3;1-4-6(8)9-5-7(2)3;1-3-5-8-6(7)4-2;;;;;;;;;;;;;;;;;;;;;;;;;;;;/h1,3,6-7H2,2,4-5H3;4-5H,1-2,6-7H2,3H3;2,5-6H2,1,3-4H3;1,5H2,2-4H3;4H,1,5-6H2,2-3H3;2,4-5H2,1,3H3;4H,1,5H2,2-3H3;4H,2-3,5H2,1H3;28*1H4. The number of esters is 10. The molecule has 0 aromatic rings. The number of carbonyl (C=O) groups is 10. The Morgan fingerprint density at radius 2 is 0.365 bits per heavy atom. The molecule has 0 saturated heterocycles. The van der Waals surface area contributed by atoms with Crippen LogP contribution in [0.4, 0.5) is 0 Å². The van der Waals surface area contributed by atoms with Gasteiger partial charge >= 0.3 is 59.7 Å². The Labute approximate surface area is 724 Å². The van der Waals surface area contributed by atoms with Crippen LogP contribution in [0.5, 0.6) is 0 Å². The van der Waals surface area contributed by atoms with Gasteiger partial charge in [-0.3, -0.25) is 19.6 Å². The van der Waals surface area contributed by atoms with Gasteiger partial charge in [0.05, 0.1) is 13.2 Å². The molecule has 0 aliphatic heterocycles. The van der Waals surface area contributed by atoms with Crippen molar-refractivity contribution >= 4 is 59.7 Å². The molecule has 26 nitrogen and oxygen atoms in total. The van der Waals surface area contributed by atoms with Gasteiger partial charge in [0.1, 0.15) is 53.8 Å². The van der Waals surface area contributed by atoms with E-state index >= 15 is 0 Å². The average Bonchev–Trinajstić information content (AvgIpc) is 0.978. The Morgan fingerprint density at radius 3 is 0.539 bits per heavy atom. The van der Waals surface area contributed by atoms with Crippen LogP contribution in [0.25, 0.3) is 0 Å². The molecule has 0 bridgehead atoms. The van der Waals surface area contributed by atoms with Gasteiger partial charge in [-0.2, -0.15) is 0 Å². The highest BCUT2D eigenvalue weighted by atomic mass is 16.6. The minimum atomic E-state index is -0.521. The number of nitrogens with zero attached hydrogens (tertiary/aromatic N) is 6. The van der Waals surface area contributed by atoms with Crippen LogP contribution < -0.4 is 0 Å². The Hall–Kier alpha value is -8.14. The van der Waals surface area contributed by atoms with Crippen LogP contribution in [0.3, 0.4) is 0 Å². The Balaban J connectivity index is -0.0000000178. The lowest BCUT2D eigenvalue weighted by molar-refractivity contribution is -0.152. The first-order chi connectivity index (χ1) is 40.4. The topological polar surface area (TPSA) is 282 Å². The van der Waals surface area contributed by atoms with Gasteiger partial charge in [-0.05, 0) is 117 Å². The first-order valence-corrected chi connectivity index (χ1v) is 26.5. The summed E-state index contributed by atoms with van der Waals surface area (Å²) in [6.45, 7) is 53.5. The van der Waals surface area contributed by atoms with E-state index in [0.29, 0.717) is 68.0 Å². The van der Waals surface area contributed by atoms with E-state index < -0.39 is 23.9 Å². The third-order valence-electron chi connectivity index (χ3n) is 7.99. The van der Waals surface area contributed by atoms with Crippen molar-refractivity contribution in [2.75, 3.05) is 137 Å². The molecule has 0 aliphatic carbocycles. The van der Waals surface area contributed by atoms with E-state index in [-0.39, 0.29) is 271 Å². The van der Waals surface area contributed by atoms with Gasteiger partial charge in [-0.25, -0.2) is 57.7 Å². The fourth-order valence-corrected chi connectivity index (χ4v) is 2.97. The fraction of sp³-hybridized carbons (Fsp3) is 0.663. The molecule has 0 atom stereocenters. The molecule has 0 radical (unpaired) electrons. The van der Waals surface area contributed by atoms with E-state index in [2.05, 4.69) is 84.7 Å². The second-order valence-corrected chi connectivity index (χ2v) is 18.1. The first-order valence-electron chi connectivity index (χ1n) is 26.5. The lowest BCUT2D eigenvalue weighted by Gasteiger charge is -2.16. The maximum atomic E-state index is 11.0. The monoisotopic (exact) mass is 1690 g/mol. The highest BCUT2D eigenvalue weighted by molar-refractivity contribution is 5.89. The highest BCUT2D eigenvalue weighted by Gasteiger charge is 2.10. The minimum absolute atomic E-state index is 0. The lowest BCUT2D eigenvalue weighted by Crippen LogP contribution is -2.28. The quantitative estimate of drug-likeness (QED) is 0.0262. The number of carbonyl (C=O) groups excluding carboxylic acids is 10. The van der Waals surface area contributed by atoms with Crippen molar-refractivity contribution < 1.29 is 95.3 Å². The molecular weight excluding hydrogens is 1470 g/mol. The smallest absolute Gasteiger partial charge is 0.334 e. The molecule has 0 saturated carbocycles. The predicted molar refractivity (Wildman–Crippen MR) is 523 cm³/mol. The zero-order chi connectivity index (χ0) is 69.6. The van der Waals surface area contributed by atoms with Gasteiger partial charge in [0.25, 0.3) is 0 Å². The zero-order valence-corrected chi connectivity index (χ0v) is 55.2. The van der Waals surface area contributed by atoms with Crippen LogP contribution in [0.1, 0.15) is 283 Å². The van der Waals surface area contributed by atoms with Crippen LogP contribution in [-0.2, 0) is 95.3 Å². The number of ether oxygens (including phenoxy) is 10. The van der Waals surface area contributed by atoms with Crippen LogP contribution in [0.2, 0.25) is 0 Å². The molecule has 0 aromatic heterocycles. The number of hydrogen-bond acceptors (Lipinski definition) is 26. The van der Waals surface area contributed by atoms with Crippen molar-refractivity contribution in [1.82, 2.24) is 29.4 Å². The molecule has 0 heterocycles. The molecule has 722 valence electrons. The second-order valence-electron chi connectivity index (χ2n) is 18.1. The number of hydrogen-bond donors (Lipinski definition) is 0. The molecule has 0 rings (SSSR count). The summed E-state index contributed by atoms with van der Waals surface area (Å²) in [5.41, 5.74) is 1.99. The minimum Gasteiger partial charge on any atom is -0.463 e. The predicted octanol–water partition coefficient (Wildman–Crippen LogP) is 24.3. The summed E-state index contributed by atoms with van der Waals surface area (Å²) < 4.78 is 47.2. The molecule has 0 amide bonds. The largest absolute Gasteiger partial charge is 0.463 e. The maximum absolute atomic E-state index is 11.0. The lowest BCUT2D eigenvalue weighted by atomic mass is 10.4. The van der Waals surface area contributed by atoms with Crippen LogP contribution in [0, 0.1) is 0 Å².